The Hall–Kier alpha value is -6.16. The van der Waals surface area contributed by atoms with Crippen LogP contribution in [0.25, 0.3) is 0 Å². The number of carbonyl (C=O) groups is 6. The summed E-state index contributed by atoms with van der Waals surface area (Å²) in [5.41, 5.74) is 7.34. The van der Waals surface area contributed by atoms with Gasteiger partial charge < -0.3 is 20.0 Å². The van der Waals surface area contributed by atoms with Crippen LogP contribution in [0.4, 0.5) is 11.4 Å². The largest absolute Gasteiger partial charge is 0.478 e. The van der Waals surface area contributed by atoms with Gasteiger partial charge in [0.25, 0.3) is 0 Å². The van der Waals surface area contributed by atoms with E-state index < -0.39 is 23.8 Å². The number of ketones is 4. The molecule has 64 heavy (non-hydrogen) atoms. The minimum Gasteiger partial charge on any atom is -0.478 e. The number of hydrogen-bond acceptors (Lipinski definition) is 8. The van der Waals surface area contributed by atoms with Crippen LogP contribution in [0.1, 0.15) is 150 Å². The first-order valence-electron chi connectivity index (χ1n) is 22.4. The zero-order valence-corrected chi connectivity index (χ0v) is 38.0. The predicted octanol–water partition coefficient (Wildman–Crippen LogP) is 10.9. The highest BCUT2D eigenvalue weighted by Gasteiger charge is 2.52. The van der Waals surface area contributed by atoms with E-state index in [2.05, 4.69) is 65.2 Å². The van der Waals surface area contributed by atoms with Crippen molar-refractivity contribution in [3.63, 3.8) is 0 Å². The number of carboxylic acid groups (broad SMARTS) is 2. The van der Waals surface area contributed by atoms with E-state index in [0.717, 1.165) is 33.9 Å². The van der Waals surface area contributed by atoms with Gasteiger partial charge in [-0.2, -0.15) is 0 Å². The summed E-state index contributed by atoms with van der Waals surface area (Å²) < 4.78 is 0. The molecule has 6 aliphatic rings. The van der Waals surface area contributed by atoms with Gasteiger partial charge in [-0.1, -0.05) is 79.7 Å². The van der Waals surface area contributed by atoms with Gasteiger partial charge in [0.15, 0.2) is 23.1 Å². The Morgan fingerprint density at radius 1 is 0.406 bits per heavy atom. The maximum absolute atomic E-state index is 14.6. The average molecular weight is 861 g/mol. The number of aromatic carboxylic acids is 2. The number of carbonyl (C=O) groups excluding carboxylic acids is 4. The lowest BCUT2D eigenvalue weighted by molar-refractivity contribution is -0.120. The zero-order valence-electron chi connectivity index (χ0n) is 38.0. The normalized spacial score (nSPS) is 22.9. The molecule has 10 heteroatoms. The Morgan fingerprint density at radius 3 is 0.859 bits per heavy atom. The van der Waals surface area contributed by atoms with E-state index in [1.54, 1.807) is 48.5 Å². The van der Waals surface area contributed by atoms with Crippen molar-refractivity contribution in [2.24, 2.45) is 21.7 Å². The van der Waals surface area contributed by atoms with Crippen LogP contribution in [0.2, 0.25) is 0 Å². The van der Waals surface area contributed by atoms with Gasteiger partial charge in [0.05, 0.1) is 11.1 Å². The highest BCUT2D eigenvalue weighted by molar-refractivity contribution is 6.10. The molecule has 0 saturated heterocycles. The summed E-state index contributed by atoms with van der Waals surface area (Å²) >= 11 is 0. The van der Waals surface area contributed by atoms with Gasteiger partial charge in [-0.25, -0.2) is 9.59 Å². The van der Waals surface area contributed by atoms with Crippen LogP contribution in [0.15, 0.2) is 118 Å². The lowest BCUT2D eigenvalue weighted by Crippen LogP contribution is -2.45. The molecule has 9 rings (SSSR count). The Morgan fingerprint density at radius 2 is 0.641 bits per heavy atom. The molecule has 330 valence electrons. The topological polar surface area (TPSA) is 149 Å². The molecular formula is C54H56N2O8. The maximum atomic E-state index is 14.6. The second-order valence-electron chi connectivity index (χ2n) is 22.1. The van der Waals surface area contributed by atoms with Crippen LogP contribution < -0.4 is 9.80 Å². The van der Waals surface area contributed by atoms with Gasteiger partial charge in [-0.05, 0) is 107 Å². The fourth-order valence-corrected chi connectivity index (χ4v) is 11.6. The molecule has 2 aliphatic heterocycles. The van der Waals surface area contributed by atoms with Crippen LogP contribution in [0, 0.1) is 21.7 Å². The fraction of sp³-hybridized carbons (Fsp3) is 0.407. The van der Waals surface area contributed by atoms with Gasteiger partial charge in [-0.3, -0.25) is 19.2 Å². The van der Waals surface area contributed by atoms with Crippen molar-refractivity contribution >= 4 is 46.4 Å². The Labute approximate surface area is 374 Å². The van der Waals surface area contributed by atoms with Gasteiger partial charge in [0, 0.05) is 94.0 Å². The van der Waals surface area contributed by atoms with Crippen molar-refractivity contribution in [3.8, 4) is 0 Å². The highest BCUT2D eigenvalue weighted by atomic mass is 16.4. The Balaban J connectivity index is 1.22. The summed E-state index contributed by atoms with van der Waals surface area (Å²) in [5, 5.41) is 19.4. The molecule has 0 atom stereocenters. The van der Waals surface area contributed by atoms with E-state index >= 15 is 0 Å². The number of rotatable bonds is 6. The molecule has 3 aromatic carbocycles. The maximum Gasteiger partial charge on any atom is 0.335 e. The number of carboxylic acids is 2. The lowest BCUT2D eigenvalue weighted by atomic mass is 9.62. The van der Waals surface area contributed by atoms with Crippen molar-refractivity contribution in [2.45, 2.75) is 119 Å². The summed E-state index contributed by atoms with van der Waals surface area (Å²) in [6, 6.07) is 21.2. The quantitative estimate of drug-likeness (QED) is 0.245. The Bertz CT molecular complexity index is 2440. The summed E-state index contributed by atoms with van der Waals surface area (Å²) in [6.07, 6.45) is 3.48. The Kier molecular flexibility index (Phi) is 9.89. The molecule has 3 aromatic rings. The van der Waals surface area contributed by atoms with Crippen LogP contribution in [-0.2, 0) is 19.2 Å². The van der Waals surface area contributed by atoms with Crippen LogP contribution in [0.5, 0.6) is 0 Å². The van der Waals surface area contributed by atoms with Crippen molar-refractivity contribution < 1.29 is 39.0 Å². The number of Topliss-reactive ketones (excluding diaryl/α,β-unsaturated/α-hetero) is 4. The number of nitrogens with zero attached hydrogens (tertiary/aromatic N) is 2. The first-order chi connectivity index (χ1) is 29.9. The number of benzene rings is 3. The van der Waals surface area contributed by atoms with Crippen molar-refractivity contribution in [1.82, 2.24) is 0 Å². The molecular weight excluding hydrogens is 805 g/mol. The first kappa shape index (κ1) is 43.1. The second kappa shape index (κ2) is 14.7. The molecule has 0 radical (unpaired) electrons. The summed E-state index contributed by atoms with van der Waals surface area (Å²) in [5.74, 6) is -3.49. The zero-order chi connectivity index (χ0) is 46.0. The fourth-order valence-electron chi connectivity index (χ4n) is 11.6. The molecule has 2 heterocycles. The molecule has 10 nitrogen and oxygen atoms in total. The summed E-state index contributed by atoms with van der Waals surface area (Å²) in [7, 11) is 0. The van der Waals surface area contributed by atoms with Gasteiger partial charge in [0.2, 0.25) is 0 Å². The molecule has 0 fully saturated rings. The van der Waals surface area contributed by atoms with Gasteiger partial charge in [0.1, 0.15) is 0 Å². The SMILES string of the molecule is CC1(C)CC(=O)C2=C(C1)N(c1ccc(C(=O)O)cc1)C1=C(C(=O)CC(C)(C)C1)C2c1ccc(C2C3=C(CC(C)(C)CC3=O)N(c3ccc(C(=O)O)cc3)C3=C2C(=O)CC(C)(C)C3)cc1. The predicted molar refractivity (Wildman–Crippen MR) is 244 cm³/mol. The van der Waals surface area contributed by atoms with Crippen LogP contribution in [-0.4, -0.2) is 45.3 Å². The van der Waals surface area contributed by atoms with E-state index in [-0.39, 0.29) is 55.9 Å². The third kappa shape index (κ3) is 7.28. The summed E-state index contributed by atoms with van der Waals surface area (Å²) in [4.78, 5) is 86.5. The molecule has 0 saturated carbocycles. The van der Waals surface area contributed by atoms with Crippen molar-refractivity contribution in [2.75, 3.05) is 9.80 Å². The lowest BCUT2D eigenvalue weighted by Gasteiger charge is -2.49. The smallest absolute Gasteiger partial charge is 0.335 e. The van der Waals surface area contributed by atoms with Crippen LogP contribution in [0.3, 0.4) is 0 Å². The van der Waals surface area contributed by atoms with E-state index in [1.165, 1.54) is 0 Å². The van der Waals surface area contributed by atoms with E-state index in [9.17, 15) is 39.0 Å². The van der Waals surface area contributed by atoms with E-state index in [4.69, 9.17) is 0 Å². The van der Waals surface area contributed by atoms with Gasteiger partial charge in [-0.15, -0.1) is 0 Å². The number of allylic oxidation sites excluding steroid dienone is 8. The van der Waals surface area contributed by atoms with E-state index in [0.29, 0.717) is 85.0 Å². The average Bonchev–Trinajstić information content (AvgIpc) is 3.18. The minimum atomic E-state index is -1.04. The minimum absolute atomic E-state index is 0.0316. The number of anilines is 2. The first-order valence-corrected chi connectivity index (χ1v) is 22.4. The molecule has 0 spiro atoms. The van der Waals surface area contributed by atoms with Crippen LogP contribution >= 0.6 is 0 Å². The molecule has 4 aliphatic carbocycles. The highest BCUT2D eigenvalue weighted by Crippen LogP contribution is 2.58. The third-order valence-electron chi connectivity index (χ3n) is 14.2. The van der Waals surface area contributed by atoms with Crippen molar-refractivity contribution in [3.05, 3.63) is 140 Å². The third-order valence-corrected chi connectivity index (χ3v) is 14.2. The molecule has 0 unspecified atom stereocenters. The molecule has 0 amide bonds. The molecule has 2 N–H and O–H groups in total. The standard InChI is InChI=1S/C54H56N2O8/c1-51(2)21-35-45(39(57)25-51)43(46-36(22-52(3,4)26-40(46)58)55(35)33-17-13-31(14-18-33)49(61)62)29-9-11-30(12-10-29)44-47-37(23-53(5,6)27-41(47)59)56(34-19-15-32(16-20-34)50(63)64)38-24-54(7,8)28-42(60)48(38)44/h9-20,43-44H,21-28H2,1-8H3,(H,61,62)(H,63,64). The van der Waals surface area contributed by atoms with Crippen molar-refractivity contribution in [1.29, 1.82) is 0 Å². The molecule has 0 bridgehead atoms. The molecule has 0 aromatic heterocycles. The summed E-state index contributed by atoms with van der Waals surface area (Å²) in [6.45, 7) is 16.6. The monoisotopic (exact) mass is 860 g/mol. The van der Waals surface area contributed by atoms with Gasteiger partial charge >= 0.3 is 11.9 Å². The number of hydrogen-bond donors (Lipinski definition) is 2. The second-order valence-corrected chi connectivity index (χ2v) is 22.1. The van der Waals surface area contributed by atoms with E-state index in [1.807, 2.05) is 24.3 Å².